The standard InChI is InChI=1S/C36H52O7/c37-29-34(30-15-19-32(20-16-30)38-23-7-1-3-9-25-40-35-13-5-11-27-42-35)31-17-21-33(22-18-31)39-24-8-2-4-10-26-41-36-14-6-12-28-43-36/h15-22,29,34-36H,1-14,23-28H2. The highest BCUT2D eigenvalue weighted by atomic mass is 16.7. The maximum Gasteiger partial charge on any atom is 0.157 e. The van der Waals surface area contributed by atoms with Crippen molar-refractivity contribution in [1.29, 1.82) is 0 Å². The Labute approximate surface area is 258 Å². The van der Waals surface area contributed by atoms with Crippen LogP contribution in [0.4, 0.5) is 0 Å². The lowest BCUT2D eigenvalue weighted by Crippen LogP contribution is -2.22. The third-order valence-corrected chi connectivity index (χ3v) is 8.11. The molecule has 2 unspecified atom stereocenters. The Bertz CT molecular complexity index is 904. The first-order valence-electron chi connectivity index (χ1n) is 16.7. The molecule has 7 nitrogen and oxygen atoms in total. The third kappa shape index (κ3) is 13.0. The van der Waals surface area contributed by atoms with Crippen LogP contribution in [0.3, 0.4) is 0 Å². The second-order valence-electron chi connectivity index (χ2n) is 11.6. The molecule has 2 aromatic carbocycles. The number of ether oxygens (including phenoxy) is 6. The van der Waals surface area contributed by atoms with E-state index in [-0.39, 0.29) is 18.5 Å². The Kier molecular flexibility index (Phi) is 15.9. The molecular formula is C36H52O7. The zero-order valence-electron chi connectivity index (χ0n) is 25.9. The van der Waals surface area contributed by atoms with Gasteiger partial charge in [0.1, 0.15) is 17.8 Å². The Morgan fingerprint density at radius 1 is 0.581 bits per heavy atom. The van der Waals surface area contributed by atoms with Gasteiger partial charge in [-0.3, -0.25) is 0 Å². The highest BCUT2D eigenvalue weighted by molar-refractivity contribution is 5.68. The van der Waals surface area contributed by atoms with Crippen molar-refractivity contribution in [1.82, 2.24) is 0 Å². The maximum absolute atomic E-state index is 12.0. The van der Waals surface area contributed by atoms with Gasteiger partial charge in [-0.25, -0.2) is 0 Å². The van der Waals surface area contributed by atoms with Gasteiger partial charge < -0.3 is 33.2 Å². The van der Waals surface area contributed by atoms with Gasteiger partial charge in [-0.2, -0.15) is 0 Å². The Balaban J connectivity index is 1.05. The predicted octanol–water partition coefficient (Wildman–Crippen LogP) is 7.98. The molecule has 4 rings (SSSR count). The summed E-state index contributed by atoms with van der Waals surface area (Å²) in [5.74, 6) is 1.35. The summed E-state index contributed by atoms with van der Waals surface area (Å²) < 4.78 is 34.6. The van der Waals surface area contributed by atoms with E-state index >= 15 is 0 Å². The monoisotopic (exact) mass is 596 g/mol. The molecule has 0 spiro atoms. The molecule has 2 aliphatic rings. The van der Waals surface area contributed by atoms with Crippen molar-refractivity contribution in [3.05, 3.63) is 59.7 Å². The van der Waals surface area contributed by atoms with E-state index in [4.69, 9.17) is 28.4 Å². The number of aldehydes is 1. The molecule has 2 saturated heterocycles. The van der Waals surface area contributed by atoms with Gasteiger partial charge >= 0.3 is 0 Å². The molecule has 2 aliphatic heterocycles. The smallest absolute Gasteiger partial charge is 0.157 e. The quantitative estimate of drug-likeness (QED) is 0.107. The number of unbranched alkanes of at least 4 members (excludes halogenated alkanes) is 6. The molecule has 0 aromatic heterocycles. The molecule has 2 aromatic rings. The zero-order valence-corrected chi connectivity index (χ0v) is 25.9. The summed E-state index contributed by atoms with van der Waals surface area (Å²) >= 11 is 0. The van der Waals surface area contributed by atoms with Gasteiger partial charge in [-0.1, -0.05) is 37.1 Å². The number of carbonyl (C=O) groups excluding carboxylic acids is 1. The first-order chi connectivity index (χ1) is 21.3. The van der Waals surface area contributed by atoms with E-state index in [9.17, 15) is 4.79 Å². The van der Waals surface area contributed by atoms with Gasteiger partial charge in [0.15, 0.2) is 12.6 Å². The molecule has 0 aliphatic carbocycles. The first-order valence-corrected chi connectivity index (χ1v) is 16.7. The Hall–Kier alpha value is -2.45. The van der Waals surface area contributed by atoms with Crippen LogP contribution in [0.5, 0.6) is 11.5 Å². The average molecular weight is 597 g/mol. The highest BCUT2D eigenvalue weighted by Gasteiger charge is 2.15. The van der Waals surface area contributed by atoms with Crippen molar-refractivity contribution in [2.75, 3.05) is 39.6 Å². The van der Waals surface area contributed by atoms with Gasteiger partial charge in [0.05, 0.1) is 19.1 Å². The fraction of sp³-hybridized carbons (Fsp3) is 0.639. The minimum Gasteiger partial charge on any atom is -0.494 e. The van der Waals surface area contributed by atoms with Crippen molar-refractivity contribution in [2.24, 2.45) is 0 Å². The first kappa shape index (κ1) is 33.4. The van der Waals surface area contributed by atoms with Crippen LogP contribution in [-0.4, -0.2) is 58.5 Å². The van der Waals surface area contributed by atoms with Crippen LogP contribution in [0.15, 0.2) is 48.5 Å². The molecule has 0 bridgehead atoms. The van der Waals surface area contributed by atoms with Gasteiger partial charge in [-0.05, 0) is 112 Å². The second kappa shape index (κ2) is 20.5. The number of hydrogen-bond donors (Lipinski definition) is 0. The van der Waals surface area contributed by atoms with E-state index < -0.39 is 0 Å². The zero-order chi connectivity index (χ0) is 29.8. The summed E-state index contributed by atoms with van der Waals surface area (Å²) in [6.07, 6.45) is 16.4. The Morgan fingerprint density at radius 3 is 1.37 bits per heavy atom. The molecule has 238 valence electrons. The molecule has 0 N–H and O–H groups in total. The lowest BCUT2D eigenvalue weighted by molar-refractivity contribution is -0.163. The summed E-state index contributed by atoms with van der Waals surface area (Å²) in [4.78, 5) is 12.0. The average Bonchev–Trinajstić information content (AvgIpc) is 3.06. The van der Waals surface area contributed by atoms with Crippen LogP contribution in [0.2, 0.25) is 0 Å². The van der Waals surface area contributed by atoms with E-state index in [1.165, 1.54) is 12.8 Å². The fourth-order valence-corrected chi connectivity index (χ4v) is 5.50. The van der Waals surface area contributed by atoms with Crippen molar-refractivity contribution in [3.63, 3.8) is 0 Å². The summed E-state index contributed by atoms with van der Waals surface area (Å²) in [7, 11) is 0. The van der Waals surface area contributed by atoms with Crippen LogP contribution in [0.1, 0.15) is 107 Å². The van der Waals surface area contributed by atoms with Crippen molar-refractivity contribution >= 4 is 6.29 Å². The third-order valence-electron chi connectivity index (χ3n) is 8.11. The van der Waals surface area contributed by atoms with Gasteiger partial charge in [-0.15, -0.1) is 0 Å². The summed E-state index contributed by atoms with van der Waals surface area (Å²) in [6, 6.07) is 15.8. The van der Waals surface area contributed by atoms with Crippen LogP contribution in [0.25, 0.3) is 0 Å². The van der Waals surface area contributed by atoms with Crippen molar-refractivity contribution in [3.8, 4) is 11.5 Å². The molecule has 0 amide bonds. The molecule has 2 atom stereocenters. The molecule has 2 heterocycles. The summed E-state index contributed by atoms with van der Waals surface area (Å²) in [5, 5.41) is 0. The molecule has 2 fully saturated rings. The maximum atomic E-state index is 12.0. The van der Waals surface area contributed by atoms with Gasteiger partial charge in [0.2, 0.25) is 0 Å². The number of hydrogen-bond acceptors (Lipinski definition) is 7. The number of rotatable bonds is 21. The van der Waals surface area contributed by atoms with E-state index in [1.807, 2.05) is 48.5 Å². The molecule has 7 heteroatoms. The molecule has 43 heavy (non-hydrogen) atoms. The van der Waals surface area contributed by atoms with Gasteiger partial charge in [0, 0.05) is 26.4 Å². The lowest BCUT2D eigenvalue weighted by Gasteiger charge is -2.22. The fourth-order valence-electron chi connectivity index (χ4n) is 5.50. The molecule has 0 saturated carbocycles. The summed E-state index contributed by atoms with van der Waals surface area (Å²) in [6.45, 7) is 4.58. The van der Waals surface area contributed by atoms with Gasteiger partial charge in [0.25, 0.3) is 0 Å². The topological polar surface area (TPSA) is 72.5 Å². The van der Waals surface area contributed by atoms with E-state index in [0.29, 0.717) is 13.2 Å². The van der Waals surface area contributed by atoms with Crippen molar-refractivity contribution in [2.45, 2.75) is 108 Å². The highest BCUT2D eigenvalue weighted by Crippen LogP contribution is 2.27. The van der Waals surface area contributed by atoms with Crippen LogP contribution >= 0.6 is 0 Å². The van der Waals surface area contributed by atoms with Crippen LogP contribution in [-0.2, 0) is 23.7 Å². The van der Waals surface area contributed by atoms with Crippen molar-refractivity contribution < 1.29 is 33.2 Å². The van der Waals surface area contributed by atoms with E-state index in [2.05, 4.69) is 0 Å². The Morgan fingerprint density at radius 2 is 1.00 bits per heavy atom. The SMILES string of the molecule is O=CC(c1ccc(OCCCCCCOC2CCCCO2)cc1)c1ccc(OCCCCCCOC2CCCCO2)cc1. The second-order valence-corrected chi connectivity index (χ2v) is 11.6. The van der Waals surface area contributed by atoms with Crippen LogP contribution in [0, 0.1) is 0 Å². The lowest BCUT2D eigenvalue weighted by atomic mass is 9.92. The minimum atomic E-state index is -0.314. The normalized spacial score (nSPS) is 19.5. The number of carbonyl (C=O) groups is 1. The molecule has 0 radical (unpaired) electrons. The predicted molar refractivity (Wildman–Crippen MR) is 168 cm³/mol. The van der Waals surface area contributed by atoms with Crippen LogP contribution < -0.4 is 9.47 Å². The number of benzene rings is 2. The summed E-state index contributed by atoms with van der Waals surface area (Å²) in [5.41, 5.74) is 1.91. The molecular weight excluding hydrogens is 544 g/mol. The largest absolute Gasteiger partial charge is 0.494 e. The minimum absolute atomic E-state index is 0.0101. The van der Waals surface area contributed by atoms with E-state index in [1.54, 1.807) is 0 Å². The van der Waals surface area contributed by atoms with E-state index in [0.717, 1.165) is 132 Å².